The Hall–Kier alpha value is -1.54. The molecule has 0 spiro atoms. The van der Waals surface area contributed by atoms with Crippen molar-refractivity contribution in [1.82, 2.24) is 5.32 Å². The highest BCUT2D eigenvalue weighted by molar-refractivity contribution is 9.10. The van der Waals surface area contributed by atoms with Crippen LogP contribution in [0.3, 0.4) is 0 Å². The summed E-state index contributed by atoms with van der Waals surface area (Å²) >= 11 is 3.22. The lowest BCUT2D eigenvalue weighted by Gasteiger charge is -2.11. The molecule has 1 rings (SSSR count). The Labute approximate surface area is 108 Å². The van der Waals surface area contributed by atoms with Crippen molar-refractivity contribution in [2.45, 2.75) is 25.8 Å². The predicted molar refractivity (Wildman–Crippen MR) is 67.6 cm³/mol. The van der Waals surface area contributed by atoms with Crippen LogP contribution in [-0.4, -0.2) is 17.1 Å². The second-order valence-corrected chi connectivity index (χ2v) is 4.52. The van der Waals surface area contributed by atoms with Crippen molar-refractivity contribution in [3.63, 3.8) is 0 Å². The third kappa shape index (κ3) is 3.75. The Bertz CT molecular complexity index is 454. The Morgan fingerprint density at radius 3 is 2.94 bits per heavy atom. The van der Waals surface area contributed by atoms with Gasteiger partial charge in [0.25, 0.3) is 5.91 Å². The van der Waals surface area contributed by atoms with Gasteiger partial charge in [0, 0.05) is 4.47 Å². The van der Waals surface area contributed by atoms with Gasteiger partial charge in [-0.2, -0.15) is 5.26 Å². The van der Waals surface area contributed by atoms with Crippen molar-refractivity contribution in [1.29, 1.82) is 5.26 Å². The summed E-state index contributed by atoms with van der Waals surface area (Å²) in [6, 6.07) is 6.08. The van der Waals surface area contributed by atoms with E-state index in [2.05, 4.69) is 21.2 Å². The van der Waals surface area contributed by atoms with E-state index in [1.54, 1.807) is 6.07 Å². The van der Waals surface area contributed by atoms with Crippen molar-refractivity contribution in [2.75, 3.05) is 0 Å². The minimum absolute atomic E-state index is 0.0983. The average molecular weight is 297 g/mol. The zero-order valence-corrected chi connectivity index (χ0v) is 11.0. The maximum atomic E-state index is 11.8. The van der Waals surface area contributed by atoms with Gasteiger partial charge in [-0.05, 0) is 24.6 Å². The quantitative estimate of drug-likeness (QED) is 0.897. The van der Waals surface area contributed by atoms with Crippen molar-refractivity contribution >= 4 is 21.8 Å². The predicted octanol–water partition coefficient (Wildman–Crippen LogP) is 2.58. The smallest absolute Gasteiger partial charge is 0.256 e. The van der Waals surface area contributed by atoms with Crippen LogP contribution < -0.4 is 5.32 Å². The molecule has 0 aromatic heterocycles. The Balaban J connectivity index is 2.83. The molecular weight excluding hydrogens is 284 g/mol. The molecule has 1 unspecified atom stereocenters. The van der Waals surface area contributed by atoms with Crippen LogP contribution in [0.15, 0.2) is 22.7 Å². The van der Waals surface area contributed by atoms with E-state index in [4.69, 9.17) is 5.26 Å². The largest absolute Gasteiger partial charge is 0.507 e. The number of carbonyl (C=O) groups excluding carboxylic acids is 1. The van der Waals surface area contributed by atoms with E-state index < -0.39 is 11.9 Å². The van der Waals surface area contributed by atoms with Crippen LogP contribution in [0.2, 0.25) is 0 Å². The molecule has 0 aliphatic carbocycles. The molecule has 90 valence electrons. The molecule has 2 N–H and O–H groups in total. The summed E-state index contributed by atoms with van der Waals surface area (Å²) in [4.78, 5) is 11.8. The van der Waals surface area contributed by atoms with E-state index in [9.17, 15) is 9.90 Å². The molecule has 0 radical (unpaired) electrons. The summed E-state index contributed by atoms with van der Waals surface area (Å²) in [7, 11) is 0. The van der Waals surface area contributed by atoms with Crippen LogP contribution in [0.25, 0.3) is 0 Å². The van der Waals surface area contributed by atoms with Gasteiger partial charge in [0.15, 0.2) is 0 Å². The second kappa shape index (κ2) is 6.26. The highest BCUT2D eigenvalue weighted by Gasteiger charge is 2.15. The van der Waals surface area contributed by atoms with Crippen LogP contribution in [0.5, 0.6) is 5.75 Å². The number of phenolic OH excluding ortho intramolecular Hbond substituents is 1. The van der Waals surface area contributed by atoms with Crippen LogP contribution in [0, 0.1) is 11.3 Å². The van der Waals surface area contributed by atoms with Crippen molar-refractivity contribution < 1.29 is 9.90 Å². The fraction of sp³-hybridized carbons (Fsp3) is 0.333. The van der Waals surface area contributed by atoms with E-state index in [1.807, 2.05) is 13.0 Å². The molecule has 5 heteroatoms. The molecular formula is C12H13BrN2O2. The second-order valence-electron chi connectivity index (χ2n) is 3.61. The zero-order chi connectivity index (χ0) is 12.8. The number of aromatic hydroxyl groups is 1. The van der Waals surface area contributed by atoms with E-state index in [0.29, 0.717) is 10.9 Å². The molecule has 0 aliphatic rings. The standard InChI is InChI=1S/C12H13BrN2O2/c1-2-3-9(7-14)15-12(17)10-6-8(13)4-5-11(10)16/h4-6,9,16H,2-3H2,1H3,(H,15,17). The van der Waals surface area contributed by atoms with Gasteiger partial charge in [-0.3, -0.25) is 4.79 Å². The number of nitrogens with zero attached hydrogens (tertiary/aromatic N) is 1. The third-order valence-electron chi connectivity index (χ3n) is 2.24. The van der Waals surface area contributed by atoms with Gasteiger partial charge in [-0.25, -0.2) is 0 Å². The summed E-state index contributed by atoms with van der Waals surface area (Å²) in [6.45, 7) is 1.94. The monoisotopic (exact) mass is 296 g/mol. The van der Waals surface area contributed by atoms with Gasteiger partial charge in [-0.15, -0.1) is 0 Å². The normalized spacial score (nSPS) is 11.6. The van der Waals surface area contributed by atoms with Crippen molar-refractivity contribution in [3.8, 4) is 11.8 Å². The summed E-state index contributed by atoms with van der Waals surface area (Å²) in [5.41, 5.74) is 0.163. The van der Waals surface area contributed by atoms with Crippen LogP contribution in [0.1, 0.15) is 30.1 Å². The molecule has 0 saturated heterocycles. The van der Waals surface area contributed by atoms with E-state index in [1.165, 1.54) is 12.1 Å². The van der Waals surface area contributed by atoms with E-state index in [0.717, 1.165) is 6.42 Å². The first-order chi connectivity index (χ1) is 8.08. The Kier molecular flexibility index (Phi) is 4.98. The molecule has 0 heterocycles. The molecule has 1 atom stereocenters. The van der Waals surface area contributed by atoms with E-state index >= 15 is 0 Å². The number of nitrogens with one attached hydrogen (secondary N) is 1. The van der Waals surface area contributed by atoms with Gasteiger partial charge in [0.1, 0.15) is 11.8 Å². The lowest BCUT2D eigenvalue weighted by molar-refractivity contribution is 0.0941. The number of phenols is 1. The first-order valence-corrected chi connectivity index (χ1v) is 6.06. The number of nitriles is 1. The Morgan fingerprint density at radius 2 is 2.35 bits per heavy atom. The number of hydrogen-bond donors (Lipinski definition) is 2. The molecule has 0 saturated carbocycles. The zero-order valence-electron chi connectivity index (χ0n) is 9.40. The fourth-order valence-corrected chi connectivity index (χ4v) is 1.74. The minimum Gasteiger partial charge on any atom is -0.507 e. The number of hydrogen-bond acceptors (Lipinski definition) is 3. The Morgan fingerprint density at radius 1 is 1.65 bits per heavy atom. The molecule has 0 bridgehead atoms. The third-order valence-corrected chi connectivity index (χ3v) is 2.73. The molecule has 0 fully saturated rings. The van der Waals surface area contributed by atoms with Crippen LogP contribution in [-0.2, 0) is 0 Å². The fourth-order valence-electron chi connectivity index (χ4n) is 1.38. The van der Waals surface area contributed by atoms with Crippen molar-refractivity contribution in [3.05, 3.63) is 28.2 Å². The SMILES string of the molecule is CCCC(C#N)NC(=O)c1cc(Br)ccc1O. The highest BCUT2D eigenvalue weighted by Crippen LogP contribution is 2.21. The van der Waals surface area contributed by atoms with Gasteiger partial charge in [0.2, 0.25) is 0 Å². The summed E-state index contributed by atoms with van der Waals surface area (Å²) < 4.78 is 0.699. The molecule has 17 heavy (non-hydrogen) atoms. The first-order valence-electron chi connectivity index (χ1n) is 5.27. The maximum Gasteiger partial charge on any atom is 0.256 e. The van der Waals surface area contributed by atoms with Crippen LogP contribution >= 0.6 is 15.9 Å². The van der Waals surface area contributed by atoms with Gasteiger partial charge >= 0.3 is 0 Å². The number of rotatable bonds is 4. The summed E-state index contributed by atoms with van der Waals surface area (Å²) in [5, 5.41) is 21.0. The highest BCUT2D eigenvalue weighted by atomic mass is 79.9. The lowest BCUT2D eigenvalue weighted by Crippen LogP contribution is -2.33. The van der Waals surface area contributed by atoms with Gasteiger partial charge in [-0.1, -0.05) is 29.3 Å². The summed E-state index contributed by atoms with van der Waals surface area (Å²) in [5.74, 6) is -0.539. The first kappa shape index (κ1) is 13.5. The number of carbonyl (C=O) groups is 1. The minimum atomic E-state index is -0.522. The number of amides is 1. The molecule has 4 nitrogen and oxygen atoms in total. The van der Waals surface area contributed by atoms with Gasteiger partial charge < -0.3 is 10.4 Å². The van der Waals surface area contributed by atoms with Gasteiger partial charge in [0.05, 0.1) is 11.6 Å². The molecule has 1 aromatic carbocycles. The number of benzene rings is 1. The van der Waals surface area contributed by atoms with Crippen molar-refractivity contribution in [2.24, 2.45) is 0 Å². The lowest BCUT2D eigenvalue weighted by atomic mass is 10.1. The van der Waals surface area contributed by atoms with Crippen LogP contribution in [0.4, 0.5) is 0 Å². The number of halogens is 1. The summed E-state index contributed by atoms with van der Waals surface area (Å²) in [6.07, 6.45) is 1.40. The average Bonchev–Trinajstić information content (AvgIpc) is 2.31. The molecule has 0 aliphatic heterocycles. The van der Waals surface area contributed by atoms with E-state index in [-0.39, 0.29) is 11.3 Å². The maximum absolute atomic E-state index is 11.8. The topological polar surface area (TPSA) is 73.1 Å². The molecule has 1 aromatic rings. The molecule has 1 amide bonds.